The van der Waals surface area contributed by atoms with Crippen LogP contribution in [-0.2, 0) is 17.7 Å². The van der Waals surface area contributed by atoms with Crippen LogP contribution >= 0.6 is 0 Å². The van der Waals surface area contributed by atoms with Gasteiger partial charge in [0.15, 0.2) is 0 Å². The maximum absolute atomic E-state index is 12.9. The smallest absolute Gasteiger partial charge is 0.257 e. The van der Waals surface area contributed by atoms with Crippen molar-refractivity contribution in [3.8, 4) is 0 Å². The molecule has 0 radical (unpaired) electrons. The summed E-state index contributed by atoms with van der Waals surface area (Å²) in [5.74, 6) is 0.0979. The van der Waals surface area contributed by atoms with Gasteiger partial charge in [-0.3, -0.25) is 9.48 Å². The Kier molecular flexibility index (Phi) is 5.30. The predicted molar refractivity (Wildman–Crippen MR) is 93.1 cm³/mol. The van der Waals surface area contributed by atoms with Crippen LogP contribution in [0.4, 0.5) is 0 Å². The number of amides is 1. The fraction of sp³-hybridized carbons (Fsp3) is 0.474. The van der Waals surface area contributed by atoms with E-state index in [-0.39, 0.29) is 12.0 Å². The van der Waals surface area contributed by atoms with Gasteiger partial charge in [0.1, 0.15) is 0 Å². The normalized spacial score (nSPS) is 15.7. The topological polar surface area (TPSA) is 47.4 Å². The Hall–Kier alpha value is -2.14. The van der Waals surface area contributed by atoms with Gasteiger partial charge >= 0.3 is 0 Å². The Balaban J connectivity index is 1.75. The Morgan fingerprint density at radius 1 is 1.25 bits per heavy atom. The molecule has 1 aromatic carbocycles. The average molecular weight is 327 g/mol. The Morgan fingerprint density at radius 2 is 1.96 bits per heavy atom. The van der Waals surface area contributed by atoms with Crippen LogP contribution in [-0.4, -0.2) is 46.9 Å². The zero-order chi connectivity index (χ0) is 16.9. The van der Waals surface area contributed by atoms with Crippen molar-refractivity contribution in [3.05, 3.63) is 53.3 Å². The third-order valence-electron chi connectivity index (χ3n) is 4.75. The number of methoxy groups -OCH3 is 1. The summed E-state index contributed by atoms with van der Waals surface area (Å²) in [4.78, 5) is 14.8. The number of aromatic nitrogens is 2. The van der Waals surface area contributed by atoms with Crippen LogP contribution in [0.2, 0.25) is 0 Å². The third-order valence-corrected chi connectivity index (χ3v) is 4.75. The molecule has 0 saturated carbocycles. The molecule has 0 bridgehead atoms. The summed E-state index contributed by atoms with van der Waals surface area (Å²) in [5.41, 5.74) is 2.94. The van der Waals surface area contributed by atoms with Gasteiger partial charge < -0.3 is 9.64 Å². The van der Waals surface area contributed by atoms with E-state index in [0.29, 0.717) is 6.54 Å². The number of ether oxygens (including phenoxy) is 1. The Labute approximate surface area is 143 Å². The van der Waals surface area contributed by atoms with Crippen LogP contribution in [0, 0.1) is 0 Å². The van der Waals surface area contributed by atoms with Gasteiger partial charge in [-0.05, 0) is 24.8 Å². The minimum Gasteiger partial charge on any atom is -0.381 e. The third kappa shape index (κ3) is 3.51. The zero-order valence-electron chi connectivity index (χ0n) is 14.4. The lowest BCUT2D eigenvalue weighted by atomic mass is 10.1. The first kappa shape index (κ1) is 16.7. The van der Waals surface area contributed by atoms with Crippen molar-refractivity contribution in [2.24, 2.45) is 0 Å². The minimum absolute atomic E-state index is 0.0979. The first-order chi connectivity index (χ1) is 11.7. The second-order valence-corrected chi connectivity index (χ2v) is 6.23. The van der Waals surface area contributed by atoms with Crippen molar-refractivity contribution in [2.45, 2.75) is 38.8 Å². The zero-order valence-corrected chi connectivity index (χ0v) is 14.4. The number of carbonyl (C=O) groups is 1. The molecule has 5 heteroatoms. The van der Waals surface area contributed by atoms with Crippen molar-refractivity contribution in [1.29, 1.82) is 0 Å². The first-order valence-electron chi connectivity index (χ1n) is 8.63. The van der Waals surface area contributed by atoms with Gasteiger partial charge in [0.25, 0.3) is 5.91 Å². The van der Waals surface area contributed by atoms with E-state index in [4.69, 9.17) is 4.74 Å². The second-order valence-electron chi connectivity index (χ2n) is 6.23. The molecule has 1 aromatic heterocycles. The molecular formula is C19H25N3O2. The summed E-state index contributed by atoms with van der Waals surface area (Å²) in [6.07, 6.45) is 4.61. The second kappa shape index (κ2) is 7.62. The Bertz CT molecular complexity index is 673. The number of benzene rings is 1. The molecule has 1 aliphatic heterocycles. The van der Waals surface area contributed by atoms with Crippen molar-refractivity contribution in [1.82, 2.24) is 14.7 Å². The summed E-state index contributed by atoms with van der Waals surface area (Å²) in [6, 6.07) is 10.2. The van der Waals surface area contributed by atoms with E-state index in [0.717, 1.165) is 43.6 Å². The molecule has 0 N–H and O–H groups in total. The van der Waals surface area contributed by atoms with Crippen LogP contribution in [0.15, 0.2) is 36.5 Å². The van der Waals surface area contributed by atoms with Crippen LogP contribution in [0.25, 0.3) is 0 Å². The van der Waals surface area contributed by atoms with E-state index < -0.39 is 0 Å². The number of likely N-dealkylation sites (tertiary alicyclic amines) is 1. The number of nitrogens with zero attached hydrogens (tertiary/aromatic N) is 3. The van der Waals surface area contributed by atoms with Crippen molar-refractivity contribution in [3.63, 3.8) is 0 Å². The van der Waals surface area contributed by atoms with E-state index in [1.165, 1.54) is 5.56 Å². The van der Waals surface area contributed by atoms with Crippen molar-refractivity contribution >= 4 is 5.91 Å². The van der Waals surface area contributed by atoms with E-state index in [1.54, 1.807) is 13.3 Å². The standard InChI is InChI=1S/C19H25N3O2/c1-3-18-17(19(23)21-11-9-16(24-2)10-12-21)13-20-22(18)14-15-7-5-4-6-8-15/h4-8,13,16H,3,9-12,14H2,1-2H3. The lowest BCUT2D eigenvalue weighted by molar-refractivity contribution is 0.0350. The molecule has 24 heavy (non-hydrogen) atoms. The number of carbonyl (C=O) groups excluding carboxylic acids is 1. The fourth-order valence-electron chi connectivity index (χ4n) is 3.32. The first-order valence-corrected chi connectivity index (χ1v) is 8.63. The monoisotopic (exact) mass is 327 g/mol. The molecule has 0 aliphatic carbocycles. The van der Waals surface area contributed by atoms with E-state index in [2.05, 4.69) is 24.2 Å². The molecular weight excluding hydrogens is 302 g/mol. The van der Waals surface area contributed by atoms with Gasteiger partial charge in [0.2, 0.25) is 0 Å². The number of rotatable bonds is 5. The molecule has 1 amide bonds. The van der Waals surface area contributed by atoms with Gasteiger partial charge in [-0.15, -0.1) is 0 Å². The van der Waals surface area contributed by atoms with Gasteiger partial charge in [0.05, 0.1) is 30.1 Å². The summed E-state index contributed by atoms with van der Waals surface area (Å²) in [7, 11) is 1.74. The molecule has 1 fully saturated rings. The summed E-state index contributed by atoms with van der Waals surface area (Å²) in [5, 5.41) is 4.47. The molecule has 2 aromatic rings. The Morgan fingerprint density at radius 3 is 2.58 bits per heavy atom. The molecule has 0 atom stereocenters. The maximum Gasteiger partial charge on any atom is 0.257 e. The van der Waals surface area contributed by atoms with Crippen LogP contribution in [0.5, 0.6) is 0 Å². The largest absolute Gasteiger partial charge is 0.381 e. The van der Waals surface area contributed by atoms with Gasteiger partial charge in [-0.25, -0.2) is 0 Å². The fourth-order valence-corrected chi connectivity index (χ4v) is 3.32. The SMILES string of the molecule is CCc1c(C(=O)N2CCC(OC)CC2)cnn1Cc1ccccc1. The quantitative estimate of drug-likeness (QED) is 0.848. The van der Waals surface area contributed by atoms with Crippen LogP contribution in [0.3, 0.4) is 0 Å². The summed E-state index contributed by atoms with van der Waals surface area (Å²) >= 11 is 0. The van der Waals surface area contributed by atoms with Crippen molar-refractivity contribution < 1.29 is 9.53 Å². The van der Waals surface area contributed by atoms with Gasteiger partial charge in [0, 0.05) is 20.2 Å². The molecule has 5 nitrogen and oxygen atoms in total. The highest BCUT2D eigenvalue weighted by Gasteiger charge is 2.26. The minimum atomic E-state index is 0.0979. The molecule has 0 unspecified atom stereocenters. The predicted octanol–water partition coefficient (Wildman–Crippen LogP) is 2.74. The highest BCUT2D eigenvalue weighted by Crippen LogP contribution is 2.19. The number of piperidine rings is 1. The molecule has 1 saturated heterocycles. The number of hydrogen-bond donors (Lipinski definition) is 0. The van der Waals surface area contributed by atoms with E-state index >= 15 is 0 Å². The van der Waals surface area contributed by atoms with Crippen LogP contribution < -0.4 is 0 Å². The van der Waals surface area contributed by atoms with E-state index in [9.17, 15) is 4.79 Å². The van der Waals surface area contributed by atoms with Crippen molar-refractivity contribution in [2.75, 3.05) is 20.2 Å². The average Bonchev–Trinajstić information content (AvgIpc) is 3.04. The summed E-state index contributed by atoms with van der Waals surface area (Å²) in [6.45, 7) is 4.28. The molecule has 128 valence electrons. The lowest BCUT2D eigenvalue weighted by Crippen LogP contribution is -2.40. The van der Waals surface area contributed by atoms with Gasteiger partial charge in [-0.1, -0.05) is 37.3 Å². The highest BCUT2D eigenvalue weighted by molar-refractivity contribution is 5.95. The molecule has 1 aliphatic rings. The number of hydrogen-bond acceptors (Lipinski definition) is 3. The highest BCUT2D eigenvalue weighted by atomic mass is 16.5. The lowest BCUT2D eigenvalue weighted by Gasteiger charge is -2.31. The maximum atomic E-state index is 12.9. The van der Waals surface area contributed by atoms with E-state index in [1.807, 2.05) is 27.8 Å². The van der Waals surface area contributed by atoms with Crippen LogP contribution in [0.1, 0.15) is 41.4 Å². The molecule has 2 heterocycles. The van der Waals surface area contributed by atoms with Gasteiger partial charge in [-0.2, -0.15) is 5.10 Å². The summed E-state index contributed by atoms with van der Waals surface area (Å²) < 4.78 is 7.33. The molecule has 3 rings (SSSR count). The molecule has 0 spiro atoms.